The van der Waals surface area contributed by atoms with Crippen LogP contribution in [0, 0.1) is 12.8 Å². The van der Waals surface area contributed by atoms with Crippen molar-refractivity contribution in [3.63, 3.8) is 0 Å². The smallest absolute Gasteiger partial charge is 0.254 e. The highest BCUT2D eigenvalue weighted by molar-refractivity contribution is 7.10. The summed E-state index contributed by atoms with van der Waals surface area (Å²) in [5.74, 6) is 1.07. The number of nitrogens with zero attached hydrogens (tertiary/aromatic N) is 2. The van der Waals surface area contributed by atoms with E-state index in [1.54, 1.807) is 40.5 Å². The van der Waals surface area contributed by atoms with Gasteiger partial charge in [-0.2, -0.15) is 0 Å². The van der Waals surface area contributed by atoms with Crippen LogP contribution >= 0.6 is 22.9 Å². The van der Waals surface area contributed by atoms with Gasteiger partial charge in [0, 0.05) is 28.6 Å². The number of halogens is 1. The number of fused-ring (bicyclic) bond motifs is 1. The maximum Gasteiger partial charge on any atom is 0.254 e. The molecule has 0 radical (unpaired) electrons. The van der Waals surface area contributed by atoms with Crippen molar-refractivity contribution in [1.29, 1.82) is 0 Å². The Morgan fingerprint density at radius 1 is 1.14 bits per heavy atom. The van der Waals surface area contributed by atoms with Crippen LogP contribution in [0.1, 0.15) is 45.2 Å². The average Bonchev–Trinajstić information content (AvgIpc) is 3.54. The van der Waals surface area contributed by atoms with E-state index in [-0.39, 0.29) is 24.4 Å². The molecule has 1 aromatic heterocycles. The molecule has 2 aliphatic rings. The van der Waals surface area contributed by atoms with Gasteiger partial charge >= 0.3 is 0 Å². The Bertz CT molecular complexity index is 1200. The summed E-state index contributed by atoms with van der Waals surface area (Å²) in [5.41, 5.74) is 2.84. The van der Waals surface area contributed by atoms with E-state index < -0.39 is 0 Å². The van der Waals surface area contributed by atoms with E-state index in [1.165, 1.54) is 10.4 Å². The second kappa shape index (κ2) is 10.4. The topological polar surface area (TPSA) is 49.9 Å². The Hall–Kier alpha value is -2.83. The van der Waals surface area contributed by atoms with Crippen molar-refractivity contribution in [2.45, 2.75) is 32.2 Å². The van der Waals surface area contributed by atoms with Gasteiger partial charge in [0.1, 0.15) is 18.9 Å². The summed E-state index contributed by atoms with van der Waals surface area (Å²) in [4.78, 5) is 31.9. The van der Waals surface area contributed by atoms with Crippen molar-refractivity contribution in [2.75, 3.05) is 26.2 Å². The molecule has 5 rings (SSSR count). The molecule has 1 fully saturated rings. The molecule has 2 heterocycles. The van der Waals surface area contributed by atoms with Crippen LogP contribution in [0.5, 0.6) is 5.75 Å². The van der Waals surface area contributed by atoms with Crippen LogP contribution in [0.2, 0.25) is 5.02 Å². The third-order valence-electron chi connectivity index (χ3n) is 6.70. The van der Waals surface area contributed by atoms with Gasteiger partial charge < -0.3 is 14.5 Å². The van der Waals surface area contributed by atoms with E-state index in [4.69, 9.17) is 16.3 Å². The van der Waals surface area contributed by atoms with Crippen molar-refractivity contribution in [2.24, 2.45) is 5.92 Å². The van der Waals surface area contributed by atoms with E-state index in [2.05, 4.69) is 11.4 Å². The maximum atomic E-state index is 13.7. The maximum absolute atomic E-state index is 13.7. The Balaban J connectivity index is 1.34. The number of hydrogen-bond acceptors (Lipinski definition) is 4. The number of aryl methyl sites for hydroxylation is 1. The number of amides is 2. The lowest BCUT2D eigenvalue weighted by molar-refractivity contribution is -0.135. The summed E-state index contributed by atoms with van der Waals surface area (Å²) in [6.45, 7) is 3.70. The largest absolute Gasteiger partial charge is 0.491 e. The minimum absolute atomic E-state index is 0.0459. The van der Waals surface area contributed by atoms with Gasteiger partial charge in [-0.25, -0.2) is 0 Å². The van der Waals surface area contributed by atoms with Gasteiger partial charge in [0.15, 0.2) is 0 Å². The first-order valence-corrected chi connectivity index (χ1v) is 13.3. The number of carbonyl (C=O) groups excluding carboxylic acids is 2. The number of ether oxygens (including phenoxy) is 1. The second-order valence-corrected chi connectivity index (χ2v) is 10.9. The Morgan fingerprint density at radius 2 is 1.94 bits per heavy atom. The van der Waals surface area contributed by atoms with Crippen LogP contribution in [-0.2, 0) is 11.2 Å². The molecule has 5 nitrogen and oxygen atoms in total. The van der Waals surface area contributed by atoms with E-state index in [0.29, 0.717) is 36.2 Å². The minimum Gasteiger partial charge on any atom is -0.491 e. The summed E-state index contributed by atoms with van der Waals surface area (Å²) >= 11 is 7.86. The van der Waals surface area contributed by atoms with Crippen molar-refractivity contribution in [1.82, 2.24) is 9.80 Å². The quantitative estimate of drug-likeness (QED) is 0.388. The first-order valence-electron chi connectivity index (χ1n) is 12.1. The van der Waals surface area contributed by atoms with Gasteiger partial charge in [0.05, 0.1) is 6.04 Å². The molecule has 1 saturated carbocycles. The number of rotatable bonds is 8. The zero-order chi connectivity index (χ0) is 24.4. The minimum atomic E-state index is -0.178. The van der Waals surface area contributed by atoms with Crippen LogP contribution in [0.3, 0.4) is 0 Å². The van der Waals surface area contributed by atoms with Crippen molar-refractivity contribution < 1.29 is 14.3 Å². The van der Waals surface area contributed by atoms with E-state index in [0.717, 1.165) is 30.6 Å². The molecule has 1 aliphatic carbocycles. The van der Waals surface area contributed by atoms with Gasteiger partial charge in [-0.15, -0.1) is 11.3 Å². The predicted octanol–water partition coefficient (Wildman–Crippen LogP) is 5.77. The van der Waals surface area contributed by atoms with Crippen molar-refractivity contribution in [3.8, 4) is 5.75 Å². The number of benzene rings is 2. The summed E-state index contributed by atoms with van der Waals surface area (Å²) < 4.78 is 6.13. The highest BCUT2D eigenvalue weighted by atomic mass is 35.5. The standard InChI is InChI=1S/C28H29ClN2O3S/c1-19-5-9-23(10-6-19)34-18-25-24-12-14-35-26(24)11-13-31(25)27(32)17-30(16-20-7-8-20)28(33)21-3-2-4-22(29)15-21/h2-6,9-10,12,14-15,20,25H,7-8,11,13,16-18H2,1H3/t25-/m0/s1. The molecule has 0 N–H and O–H groups in total. The van der Waals surface area contributed by atoms with Crippen LogP contribution in [0.4, 0.5) is 0 Å². The van der Waals surface area contributed by atoms with Crippen molar-refractivity contribution >= 4 is 34.8 Å². The lowest BCUT2D eigenvalue weighted by Crippen LogP contribution is -2.48. The van der Waals surface area contributed by atoms with Crippen LogP contribution in [0.25, 0.3) is 0 Å². The molecular formula is C28H29ClN2O3S. The molecule has 1 atom stereocenters. The number of carbonyl (C=O) groups is 2. The summed E-state index contributed by atoms with van der Waals surface area (Å²) in [5, 5.41) is 2.60. The van der Waals surface area contributed by atoms with Gasteiger partial charge in [-0.1, -0.05) is 35.4 Å². The predicted molar refractivity (Wildman–Crippen MR) is 139 cm³/mol. The molecule has 0 unspecified atom stereocenters. The fourth-order valence-electron chi connectivity index (χ4n) is 4.57. The number of thiophene rings is 1. The molecule has 0 bridgehead atoms. The molecule has 3 aromatic rings. The van der Waals surface area contributed by atoms with E-state index in [1.807, 2.05) is 36.1 Å². The van der Waals surface area contributed by atoms with Gasteiger partial charge in [0.2, 0.25) is 5.91 Å². The molecule has 35 heavy (non-hydrogen) atoms. The first-order chi connectivity index (χ1) is 17.0. The van der Waals surface area contributed by atoms with E-state index in [9.17, 15) is 9.59 Å². The molecule has 2 aromatic carbocycles. The third kappa shape index (κ3) is 5.71. The summed E-state index contributed by atoms with van der Waals surface area (Å²) in [6, 6.07) is 16.8. The Labute approximate surface area is 215 Å². The lowest BCUT2D eigenvalue weighted by atomic mass is 10.00. The monoisotopic (exact) mass is 508 g/mol. The molecule has 7 heteroatoms. The lowest BCUT2D eigenvalue weighted by Gasteiger charge is -2.37. The molecular weight excluding hydrogens is 480 g/mol. The van der Waals surface area contributed by atoms with Crippen LogP contribution in [0.15, 0.2) is 60.0 Å². The van der Waals surface area contributed by atoms with Gasteiger partial charge in [-0.3, -0.25) is 9.59 Å². The fraction of sp³-hybridized carbons (Fsp3) is 0.357. The Kier molecular flexibility index (Phi) is 7.12. The molecule has 0 saturated heterocycles. The van der Waals surface area contributed by atoms with Gasteiger partial charge in [-0.05, 0) is 79.4 Å². The molecule has 2 amide bonds. The number of hydrogen-bond donors (Lipinski definition) is 0. The normalized spacial score (nSPS) is 17.1. The Morgan fingerprint density at radius 3 is 2.69 bits per heavy atom. The second-order valence-electron chi connectivity index (χ2n) is 9.42. The van der Waals surface area contributed by atoms with Crippen molar-refractivity contribution in [3.05, 3.63) is 86.6 Å². The first kappa shape index (κ1) is 23.9. The summed E-state index contributed by atoms with van der Waals surface area (Å²) in [6.07, 6.45) is 3.02. The zero-order valence-corrected chi connectivity index (χ0v) is 21.4. The molecule has 0 spiro atoms. The van der Waals surface area contributed by atoms with Crippen LogP contribution < -0.4 is 4.74 Å². The fourth-order valence-corrected chi connectivity index (χ4v) is 5.69. The molecule has 1 aliphatic heterocycles. The SMILES string of the molecule is Cc1ccc(OC[C@H]2c3ccsc3CCN2C(=O)CN(CC2CC2)C(=O)c2cccc(Cl)c2)cc1. The van der Waals surface area contributed by atoms with Crippen LogP contribution in [-0.4, -0.2) is 47.9 Å². The zero-order valence-electron chi connectivity index (χ0n) is 19.8. The highest BCUT2D eigenvalue weighted by Gasteiger charge is 2.35. The average molecular weight is 509 g/mol. The highest BCUT2D eigenvalue weighted by Crippen LogP contribution is 2.35. The third-order valence-corrected chi connectivity index (χ3v) is 7.94. The van der Waals surface area contributed by atoms with E-state index >= 15 is 0 Å². The summed E-state index contributed by atoms with van der Waals surface area (Å²) in [7, 11) is 0. The van der Waals surface area contributed by atoms with Gasteiger partial charge in [0.25, 0.3) is 5.91 Å². The molecule has 182 valence electrons.